The molecule has 0 bridgehead atoms. The van der Waals surface area contributed by atoms with E-state index in [2.05, 4.69) is 44.3 Å². The van der Waals surface area contributed by atoms with Crippen LogP contribution in [0, 0.1) is 18.7 Å². The molecule has 3 aromatic rings. The molecule has 3 heterocycles. The van der Waals surface area contributed by atoms with E-state index in [4.69, 9.17) is 4.74 Å². The number of H-pyrrole nitrogens is 1. The van der Waals surface area contributed by atoms with Crippen LogP contribution in [0.4, 0.5) is 4.39 Å². The first kappa shape index (κ1) is 20.6. The van der Waals surface area contributed by atoms with E-state index in [1.807, 2.05) is 17.9 Å². The lowest BCUT2D eigenvalue weighted by molar-refractivity contribution is -0.132. The summed E-state index contributed by atoms with van der Waals surface area (Å²) in [5, 5.41) is 7.48. The number of aromatic nitrogens is 3. The van der Waals surface area contributed by atoms with E-state index in [9.17, 15) is 9.18 Å². The van der Waals surface area contributed by atoms with Crippen LogP contribution in [0.3, 0.4) is 0 Å². The Labute approximate surface area is 186 Å². The normalized spacial score (nSPS) is 22.8. The van der Waals surface area contributed by atoms with Crippen LogP contribution in [-0.2, 0) is 16.8 Å². The van der Waals surface area contributed by atoms with Crippen molar-refractivity contribution in [2.75, 3.05) is 32.8 Å². The number of fused-ring (bicyclic) bond motifs is 1. The van der Waals surface area contributed by atoms with Gasteiger partial charge in [0.1, 0.15) is 17.4 Å². The molecule has 2 aliphatic heterocycles. The summed E-state index contributed by atoms with van der Waals surface area (Å²) in [7, 11) is 0. The Bertz CT molecular complexity index is 1090. The van der Waals surface area contributed by atoms with Gasteiger partial charge in [-0.2, -0.15) is 5.10 Å². The fourth-order valence-electron chi connectivity index (χ4n) is 4.97. The van der Waals surface area contributed by atoms with Gasteiger partial charge in [0.25, 0.3) is 5.91 Å². The van der Waals surface area contributed by atoms with Crippen LogP contribution in [-0.4, -0.2) is 63.7 Å². The third kappa shape index (κ3) is 3.98. The number of ether oxygens (including phenoxy) is 1. The average molecular weight is 436 g/mol. The highest BCUT2D eigenvalue weighted by Gasteiger charge is 2.56. The van der Waals surface area contributed by atoms with E-state index in [-0.39, 0.29) is 29.7 Å². The minimum absolute atomic E-state index is 0.0742. The number of benzene rings is 2. The van der Waals surface area contributed by atoms with Gasteiger partial charge in [-0.05, 0) is 36.8 Å². The zero-order chi connectivity index (χ0) is 22.1. The molecule has 0 aliphatic carbocycles. The number of likely N-dealkylation sites (tertiary alicyclic amines) is 2. The molecule has 2 saturated heterocycles. The van der Waals surface area contributed by atoms with Gasteiger partial charge < -0.3 is 9.64 Å². The van der Waals surface area contributed by atoms with Gasteiger partial charge >= 0.3 is 0 Å². The summed E-state index contributed by atoms with van der Waals surface area (Å²) in [5.41, 5.74) is 0.972. The van der Waals surface area contributed by atoms with Crippen molar-refractivity contribution in [1.29, 1.82) is 0 Å². The molecule has 32 heavy (non-hydrogen) atoms. The average Bonchev–Trinajstić information content (AvgIpc) is 3.46. The summed E-state index contributed by atoms with van der Waals surface area (Å²) in [6, 6.07) is 16.1. The standard InChI is InChI=1S/C24H26FN5O2/c1-17-26-23(28-27-17)24-15-29(11-18-5-3-2-4-6-18)12-19(24)13-30(16-24)22(31)14-32-21-9-7-20(25)8-10-21/h2-10,19H,11-16H2,1H3,(H,26,27,28)/t19-,24-/m0/s1. The summed E-state index contributed by atoms with van der Waals surface area (Å²) in [6.07, 6.45) is 0. The highest BCUT2D eigenvalue weighted by Crippen LogP contribution is 2.44. The van der Waals surface area contributed by atoms with E-state index in [1.54, 1.807) is 0 Å². The molecule has 0 saturated carbocycles. The second-order valence-electron chi connectivity index (χ2n) is 8.77. The molecule has 2 fully saturated rings. The number of nitrogens with one attached hydrogen (secondary N) is 1. The zero-order valence-electron chi connectivity index (χ0n) is 18.0. The predicted molar refractivity (Wildman–Crippen MR) is 116 cm³/mol. The molecule has 2 aliphatic rings. The Morgan fingerprint density at radius 1 is 1.16 bits per heavy atom. The number of carbonyl (C=O) groups excluding carboxylic acids is 1. The van der Waals surface area contributed by atoms with Crippen molar-refractivity contribution in [3.8, 4) is 5.75 Å². The largest absolute Gasteiger partial charge is 0.484 e. The van der Waals surface area contributed by atoms with Gasteiger partial charge in [0.05, 0.1) is 5.41 Å². The van der Waals surface area contributed by atoms with E-state index in [1.165, 1.54) is 29.8 Å². The van der Waals surface area contributed by atoms with E-state index < -0.39 is 0 Å². The molecule has 5 rings (SSSR count). The van der Waals surface area contributed by atoms with Crippen LogP contribution < -0.4 is 4.74 Å². The maximum absolute atomic E-state index is 13.1. The number of nitrogens with zero attached hydrogens (tertiary/aromatic N) is 4. The lowest BCUT2D eigenvalue weighted by Crippen LogP contribution is -2.41. The molecule has 0 radical (unpaired) electrons. The Kier molecular flexibility index (Phi) is 5.38. The quantitative estimate of drug-likeness (QED) is 0.644. The molecule has 8 heteroatoms. The second-order valence-corrected chi connectivity index (χ2v) is 8.77. The van der Waals surface area contributed by atoms with Gasteiger partial charge in [0.15, 0.2) is 12.4 Å². The zero-order valence-corrected chi connectivity index (χ0v) is 18.0. The Balaban J connectivity index is 1.30. The Morgan fingerprint density at radius 3 is 2.66 bits per heavy atom. The van der Waals surface area contributed by atoms with Crippen molar-refractivity contribution < 1.29 is 13.9 Å². The molecule has 2 atom stereocenters. The van der Waals surface area contributed by atoms with E-state index in [0.717, 1.165) is 31.3 Å². The molecule has 1 amide bonds. The molecule has 0 spiro atoms. The SMILES string of the molecule is Cc1nc([C@]23CN(Cc4ccccc4)C[C@H]2CN(C(=O)COc2ccc(F)cc2)C3)n[nH]1. The number of aromatic amines is 1. The first-order valence-corrected chi connectivity index (χ1v) is 10.8. The van der Waals surface area contributed by atoms with Crippen LogP contribution in [0.1, 0.15) is 17.2 Å². The van der Waals surface area contributed by atoms with Gasteiger partial charge in [-0.25, -0.2) is 9.37 Å². The number of rotatable bonds is 6. The lowest BCUT2D eigenvalue weighted by atomic mass is 9.80. The van der Waals surface area contributed by atoms with Crippen LogP contribution in [0.15, 0.2) is 54.6 Å². The molecular weight excluding hydrogens is 409 g/mol. The first-order valence-electron chi connectivity index (χ1n) is 10.8. The number of hydrogen-bond donors (Lipinski definition) is 1. The smallest absolute Gasteiger partial charge is 0.260 e. The number of amides is 1. The summed E-state index contributed by atoms with van der Waals surface area (Å²) in [6.45, 7) is 5.57. The van der Waals surface area contributed by atoms with Crippen molar-refractivity contribution in [2.45, 2.75) is 18.9 Å². The van der Waals surface area contributed by atoms with Gasteiger partial charge in [-0.1, -0.05) is 30.3 Å². The van der Waals surface area contributed by atoms with E-state index >= 15 is 0 Å². The van der Waals surface area contributed by atoms with Crippen LogP contribution in [0.5, 0.6) is 5.75 Å². The molecular formula is C24H26FN5O2. The van der Waals surface area contributed by atoms with Crippen molar-refractivity contribution in [1.82, 2.24) is 25.0 Å². The second kappa shape index (κ2) is 8.35. The minimum Gasteiger partial charge on any atom is -0.484 e. The number of halogens is 1. The fraction of sp³-hybridized carbons (Fsp3) is 0.375. The summed E-state index contributed by atoms with van der Waals surface area (Å²) < 4.78 is 18.7. The predicted octanol–water partition coefficient (Wildman–Crippen LogP) is 2.54. The van der Waals surface area contributed by atoms with Gasteiger partial charge in [-0.15, -0.1) is 0 Å². The van der Waals surface area contributed by atoms with Gasteiger partial charge in [0, 0.05) is 38.6 Å². The maximum atomic E-state index is 13.1. The van der Waals surface area contributed by atoms with Gasteiger partial charge in [0.2, 0.25) is 0 Å². The van der Waals surface area contributed by atoms with Crippen LogP contribution in [0.2, 0.25) is 0 Å². The molecule has 2 aromatic carbocycles. The minimum atomic E-state index is -0.333. The maximum Gasteiger partial charge on any atom is 0.260 e. The van der Waals surface area contributed by atoms with Gasteiger partial charge in [-0.3, -0.25) is 14.8 Å². The summed E-state index contributed by atoms with van der Waals surface area (Å²) in [4.78, 5) is 21.9. The van der Waals surface area contributed by atoms with Crippen molar-refractivity contribution in [3.05, 3.63) is 77.6 Å². The Hall–Kier alpha value is -3.26. The van der Waals surface area contributed by atoms with Crippen molar-refractivity contribution in [3.63, 3.8) is 0 Å². The van der Waals surface area contributed by atoms with Crippen molar-refractivity contribution >= 4 is 5.91 Å². The summed E-state index contributed by atoms with van der Waals surface area (Å²) >= 11 is 0. The topological polar surface area (TPSA) is 74.3 Å². The van der Waals surface area contributed by atoms with Crippen LogP contribution >= 0.6 is 0 Å². The van der Waals surface area contributed by atoms with Crippen LogP contribution in [0.25, 0.3) is 0 Å². The monoisotopic (exact) mass is 435 g/mol. The highest BCUT2D eigenvalue weighted by atomic mass is 19.1. The lowest BCUT2D eigenvalue weighted by Gasteiger charge is -2.27. The summed E-state index contributed by atoms with van der Waals surface area (Å²) in [5.74, 6) is 1.87. The molecule has 0 unspecified atom stereocenters. The fourth-order valence-corrected chi connectivity index (χ4v) is 4.97. The number of hydrogen-bond acceptors (Lipinski definition) is 5. The third-order valence-corrected chi connectivity index (χ3v) is 6.50. The molecule has 1 aromatic heterocycles. The third-order valence-electron chi connectivity index (χ3n) is 6.50. The van der Waals surface area contributed by atoms with Crippen molar-refractivity contribution in [2.24, 2.45) is 5.92 Å². The first-order chi connectivity index (χ1) is 15.5. The van der Waals surface area contributed by atoms with E-state index in [0.29, 0.717) is 18.8 Å². The molecule has 166 valence electrons. The number of carbonyl (C=O) groups is 1. The number of aryl methyl sites for hydroxylation is 1. The molecule has 7 nitrogen and oxygen atoms in total. The molecule has 1 N–H and O–H groups in total. The highest BCUT2D eigenvalue weighted by molar-refractivity contribution is 5.78. The Morgan fingerprint density at radius 2 is 1.94 bits per heavy atom.